The van der Waals surface area contributed by atoms with Gasteiger partial charge in [-0.3, -0.25) is 9.69 Å². The lowest BCUT2D eigenvalue weighted by Crippen LogP contribution is -2.43. The molecule has 0 radical (unpaired) electrons. The molecule has 0 bridgehead atoms. The number of benzene rings is 2. The Morgan fingerprint density at radius 1 is 1.23 bits per heavy atom. The maximum Gasteiger partial charge on any atom is 0.231 e. The summed E-state index contributed by atoms with van der Waals surface area (Å²) in [6, 6.07) is 11.5. The summed E-state index contributed by atoms with van der Waals surface area (Å²) in [6.07, 6.45) is 1.81. The SMILES string of the molecule is CN(C(=O)[C@H]1CCCN(Cc2ccc(Cl)cc2Cl)C1)c1ccc(F)cc1. The number of rotatable bonds is 4. The van der Waals surface area contributed by atoms with Crippen LogP contribution in [-0.2, 0) is 11.3 Å². The van der Waals surface area contributed by atoms with Crippen molar-refractivity contribution in [3.63, 3.8) is 0 Å². The second kappa shape index (κ2) is 8.38. The van der Waals surface area contributed by atoms with Gasteiger partial charge in [0.15, 0.2) is 0 Å². The van der Waals surface area contributed by atoms with E-state index in [4.69, 9.17) is 23.2 Å². The Labute approximate surface area is 163 Å². The molecule has 1 aliphatic heterocycles. The van der Waals surface area contributed by atoms with Gasteiger partial charge in [0.25, 0.3) is 0 Å². The zero-order valence-electron chi connectivity index (χ0n) is 14.6. The van der Waals surface area contributed by atoms with Crippen molar-refractivity contribution in [1.82, 2.24) is 4.90 Å². The summed E-state index contributed by atoms with van der Waals surface area (Å²) in [5, 5.41) is 1.26. The third-order valence-electron chi connectivity index (χ3n) is 4.81. The molecule has 0 aliphatic carbocycles. The van der Waals surface area contributed by atoms with Crippen molar-refractivity contribution in [3.05, 3.63) is 63.9 Å². The van der Waals surface area contributed by atoms with Gasteiger partial charge in [0.2, 0.25) is 5.91 Å². The first-order valence-electron chi connectivity index (χ1n) is 8.63. The molecule has 0 saturated carbocycles. The summed E-state index contributed by atoms with van der Waals surface area (Å²) in [6.45, 7) is 2.31. The molecule has 1 saturated heterocycles. The van der Waals surface area contributed by atoms with Crippen LogP contribution in [-0.4, -0.2) is 30.9 Å². The summed E-state index contributed by atoms with van der Waals surface area (Å²) in [7, 11) is 1.74. The van der Waals surface area contributed by atoms with Crippen LogP contribution in [0.25, 0.3) is 0 Å². The smallest absolute Gasteiger partial charge is 0.231 e. The molecular weight excluding hydrogens is 374 g/mol. The van der Waals surface area contributed by atoms with Gasteiger partial charge < -0.3 is 4.90 Å². The Morgan fingerprint density at radius 2 is 1.96 bits per heavy atom. The van der Waals surface area contributed by atoms with Crippen LogP contribution in [0.3, 0.4) is 0 Å². The van der Waals surface area contributed by atoms with Gasteiger partial charge in [0, 0.05) is 35.9 Å². The van der Waals surface area contributed by atoms with Crippen molar-refractivity contribution in [1.29, 1.82) is 0 Å². The second-order valence-electron chi connectivity index (χ2n) is 6.68. The van der Waals surface area contributed by atoms with Crippen molar-refractivity contribution in [2.45, 2.75) is 19.4 Å². The van der Waals surface area contributed by atoms with Gasteiger partial charge in [-0.25, -0.2) is 4.39 Å². The van der Waals surface area contributed by atoms with Gasteiger partial charge in [-0.15, -0.1) is 0 Å². The fourth-order valence-electron chi connectivity index (χ4n) is 3.36. The molecule has 1 heterocycles. The molecule has 138 valence electrons. The zero-order valence-corrected chi connectivity index (χ0v) is 16.1. The molecule has 6 heteroatoms. The molecule has 1 fully saturated rings. The number of likely N-dealkylation sites (tertiary alicyclic amines) is 1. The van der Waals surface area contributed by atoms with E-state index in [9.17, 15) is 9.18 Å². The highest BCUT2D eigenvalue weighted by atomic mass is 35.5. The van der Waals surface area contributed by atoms with Crippen LogP contribution in [0.5, 0.6) is 0 Å². The minimum absolute atomic E-state index is 0.0588. The molecule has 3 rings (SSSR count). The van der Waals surface area contributed by atoms with E-state index in [2.05, 4.69) is 4.90 Å². The summed E-state index contributed by atoms with van der Waals surface area (Å²) in [5.74, 6) is -0.327. The largest absolute Gasteiger partial charge is 0.315 e. The first kappa shape index (κ1) is 19.2. The van der Waals surface area contributed by atoms with Crippen LogP contribution in [0.15, 0.2) is 42.5 Å². The number of nitrogens with zero attached hydrogens (tertiary/aromatic N) is 2. The summed E-state index contributed by atoms with van der Waals surface area (Å²) < 4.78 is 13.1. The number of hydrogen-bond acceptors (Lipinski definition) is 2. The molecule has 1 atom stereocenters. The van der Waals surface area contributed by atoms with Crippen molar-refractivity contribution >= 4 is 34.8 Å². The fraction of sp³-hybridized carbons (Fsp3) is 0.350. The molecule has 2 aromatic rings. The predicted octanol–water partition coefficient (Wildman–Crippen LogP) is 5.01. The third kappa shape index (κ3) is 4.56. The van der Waals surface area contributed by atoms with E-state index in [1.54, 1.807) is 30.1 Å². The summed E-state index contributed by atoms with van der Waals surface area (Å²) in [5.41, 5.74) is 1.71. The lowest BCUT2D eigenvalue weighted by molar-refractivity contribution is -0.123. The molecule has 0 aromatic heterocycles. The fourth-order valence-corrected chi connectivity index (χ4v) is 3.83. The van der Waals surface area contributed by atoms with Gasteiger partial charge in [-0.05, 0) is 61.3 Å². The van der Waals surface area contributed by atoms with E-state index >= 15 is 0 Å². The van der Waals surface area contributed by atoms with Crippen molar-refractivity contribution in [3.8, 4) is 0 Å². The standard InChI is InChI=1S/C20H21Cl2FN2O/c1-24(18-8-6-17(23)7-9-18)20(26)15-3-2-10-25(13-15)12-14-4-5-16(21)11-19(14)22/h4-9,11,15H,2-3,10,12-13H2,1H3/t15-/m0/s1. The molecule has 26 heavy (non-hydrogen) atoms. The van der Waals surface area contributed by atoms with Crippen LogP contribution in [0.2, 0.25) is 10.0 Å². The van der Waals surface area contributed by atoms with Crippen LogP contribution in [0.1, 0.15) is 18.4 Å². The van der Waals surface area contributed by atoms with Crippen LogP contribution >= 0.6 is 23.2 Å². The highest BCUT2D eigenvalue weighted by Gasteiger charge is 2.28. The monoisotopic (exact) mass is 394 g/mol. The Kier molecular flexibility index (Phi) is 6.17. The maximum atomic E-state index is 13.1. The van der Waals surface area contributed by atoms with Crippen molar-refractivity contribution in [2.24, 2.45) is 5.92 Å². The molecule has 0 spiro atoms. The maximum absolute atomic E-state index is 13.1. The predicted molar refractivity (Wildman–Crippen MR) is 104 cm³/mol. The number of halogens is 3. The average Bonchev–Trinajstić information content (AvgIpc) is 2.64. The van der Waals surface area contributed by atoms with Gasteiger partial charge >= 0.3 is 0 Å². The van der Waals surface area contributed by atoms with Crippen molar-refractivity contribution in [2.75, 3.05) is 25.0 Å². The van der Waals surface area contributed by atoms with Crippen LogP contribution in [0.4, 0.5) is 10.1 Å². The topological polar surface area (TPSA) is 23.6 Å². The lowest BCUT2D eigenvalue weighted by atomic mass is 9.96. The second-order valence-corrected chi connectivity index (χ2v) is 7.53. The summed E-state index contributed by atoms with van der Waals surface area (Å²) >= 11 is 12.2. The van der Waals surface area contributed by atoms with E-state index in [1.807, 2.05) is 12.1 Å². The molecule has 1 amide bonds. The zero-order chi connectivity index (χ0) is 18.7. The number of carbonyl (C=O) groups excluding carboxylic acids is 1. The molecule has 3 nitrogen and oxygen atoms in total. The van der Waals surface area contributed by atoms with Crippen molar-refractivity contribution < 1.29 is 9.18 Å². The number of piperidine rings is 1. The van der Waals surface area contributed by atoms with Gasteiger partial charge in [0.1, 0.15) is 5.82 Å². The Hall–Kier alpha value is -1.62. The van der Waals surface area contributed by atoms with Crippen LogP contribution < -0.4 is 4.90 Å². The minimum Gasteiger partial charge on any atom is -0.315 e. The first-order valence-corrected chi connectivity index (χ1v) is 9.39. The number of amides is 1. The highest BCUT2D eigenvalue weighted by Crippen LogP contribution is 2.26. The van der Waals surface area contributed by atoms with E-state index in [-0.39, 0.29) is 17.6 Å². The van der Waals surface area contributed by atoms with Crippen LogP contribution in [0, 0.1) is 11.7 Å². The normalized spacial score (nSPS) is 17.9. The highest BCUT2D eigenvalue weighted by molar-refractivity contribution is 6.35. The minimum atomic E-state index is -0.307. The van der Waals surface area contributed by atoms with E-state index in [0.29, 0.717) is 28.8 Å². The number of carbonyl (C=O) groups is 1. The Morgan fingerprint density at radius 3 is 2.65 bits per heavy atom. The van der Waals surface area contributed by atoms with E-state index < -0.39 is 0 Å². The average molecular weight is 395 g/mol. The van der Waals surface area contributed by atoms with Gasteiger partial charge in [0.05, 0.1) is 5.92 Å². The molecule has 0 N–H and O–H groups in total. The number of anilines is 1. The Bertz CT molecular complexity index is 782. The lowest BCUT2D eigenvalue weighted by Gasteiger charge is -2.34. The molecule has 2 aromatic carbocycles. The molecular formula is C20H21Cl2FN2O. The number of hydrogen-bond donors (Lipinski definition) is 0. The first-order chi connectivity index (χ1) is 12.4. The Balaban J connectivity index is 1.65. The van der Waals surface area contributed by atoms with Gasteiger partial charge in [-0.2, -0.15) is 0 Å². The van der Waals surface area contributed by atoms with Gasteiger partial charge in [-0.1, -0.05) is 29.3 Å². The summed E-state index contributed by atoms with van der Waals surface area (Å²) in [4.78, 5) is 16.7. The third-order valence-corrected chi connectivity index (χ3v) is 5.40. The quantitative estimate of drug-likeness (QED) is 0.727. The molecule has 1 aliphatic rings. The van der Waals surface area contributed by atoms with E-state index in [1.165, 1.54) is 12.1 Å². The van der Waals surface area contributed by atoms with E-state index in [0.717, 1.165) is 24.9 Å². The molecule has 0 unspecified atom stereocenters.